The largest absolute Gasteiger partial charge is 0.488 e. The van der Waals surface area contributed by atoms with Crippen molar-refractivity contribution in [3.05, 3.63) is 163 Å². The van der Waals surface area contributed by atoms with Gasteiger partial charge in [0.15, 0.2) is 0 Å². The fourth-order valence-corrected chi connectivity index (χ4v) is 9.02. The molecule has 2 saturated heterocycles. The summed E-state index contributed by atoms with van der Waals surface area (Å²) in [4.78, 5) is 28.4. The van der Waals surface area contributed by atoms with Crippen LogP contribution in [0, 0.1) is 37.0 Å². The van der Waals surface area contributed by atoms with Crippen LogP contribution in [0.3, 0.4) is 0 Å². The zero-order valence-electron chi connectivity index (χ0n) is 37.8. The van der Waals surface area contributed by atoms with Gasteiger partial charge in [-0.15, -0.1) is 0 Å². The first-order valence-electron chi connectivity index (χ1n) is 22.1. The van der Waals surface area contributed by atoms with Crippen LogP contribution in [0.2, 0.25) is 10.0 Å². The number of ether oxygens (including phenoxy) is 4. The number of rotatable bonds is 20. The minimum Gasteiger partial charge on any atom is -0.488 e. The molecule has 0 bridgehead atoms. The highest BCUT2D eigenvalue weighted by atomic mass is 35.5. The first-order chi connectivity index (χ1) is 32.4. The van der Waals surface area contributed by atoms with Gasteiger partial charge in [-0.3, -0.25) is 29.6 Å². The fraction of sp³-hybridized carbons (Fsp3) is 0.302. The number of carboxylic acid groups (broad SMARTS) is 1. The maximum atomic E-state index is 11.5. The van der Waals surface area contributed by atoms with Crippen molar-refractivity contribution in [3.8, 4) is 40.2 Å². The summed E-state index contributed by atoms with van der Waals surface area (Å²) in [5.41, 5.74) is 11.1. The SMILES string of the molecule is C=NCc1cncc(COc2cc(OCc3cccc(-c4cccc(COc5cc(OCc6cncc(C#N)c6)c(CN6CC(C(=O)O)C6)cc5Cl)c4C)c3C)c(Cl)cc2CN2CC(C)C2)c1. The van der Waals surface area contributed by atoms with Gasteiger partial charge in [0, 0.05) is 98.4 Å². The monoisotopic (exact) mass is 938 g/mol. The van der Waals surface area contributed by atoms with Crippen LogP contribution in [-0.2, 0) is 50.9 Å². The van der Waals surface area contributed by atoms with Crippen molar-refractivity contribution in [1.82, 2.24) is 19.8 Å². The molecule has 67 heavy (non-hydrogen) atoms. The molecule has 2 aliphatic rings. The van der Waals surface area contributed by atoms with E-state index >= 15 is 0 Å². The molecule has 0 atom stereocenters. The van der Waals surface area contributed by atoms with E-state index in [0.29, 0.717) is 78.2 Å². The summed E-state index contributed by atoms with van der Waals surface area (Å²) in [5, 5.41) is 19.7. The number of carboxylic acids is 1. The number of likely N-dealkylation sites (tertiary alicyclic amines) is 2. The van der Waals surface area contributed by atoms with E-state index in [1.54, 1.807) is 30.7 Å². The molecule has 4 aromatic carbocycles. The summed E-state index contributed by atoms with van der Waals surface area (Å²) in [6.45, 7) is 15.7. The molecule has 14 heteroatoms. The Balaban J connectivity index is 0.976. The van der Waals surface area contributed by atoms with E-state index in [1.807, 2.05) is 47.4 Å². The summed E-state index contributed by atoms with van der Waals surface area (Å²) in [5.74, 6) is 1.70. The van der Waals surface area contributed by atoms with Crippen molar-refractivity contribution in [2.45, 2.75) is 66.8 Å². The summed E-state index contributed by atoms with van der Waals surface area (Å²) in [7, 11) is 0. The second-order valence-electron chi connectivity index (χ2n) is 17.4. The number of halogens is 2. The predicted octanol–water partition coefficient (Wildman–Crippen LogP) is 10.4. The molecular weight excluding hydrogens is 888 g/mol. The molecule has 4 heterocycles. The molecule has 0 spiro atoms. The third kappa shape index (κ3) is 11.6. The van der Waals surface area contributed by atoms with E-state index in [-0.39, 0.29) is 13.2 Å². The maximum absolute atomic E-state index is 11.5. The zero-order valence-corrected chi connectivity index (χ0v) is 39.3. The minimum atomic E-state index is -0.805. The Morgan fingerprint density at radius 2 is 1.19 bits per heavy atom. The summed E-state index contributed by atoms with van der Waals surface area (Å²) in [6, 6.07) is 25.7. The van der Waals surface area contributed by atoms with Gasteiger partial charge in [-0.1, -0.05) is 66.5 Å². The number of benzene rings is 4. The quantitative estimate of drug-likeness (QED) is 0.0731. The number of aromatic nitrogens is 2. The molecule has 2 fully saturated rings. The first kappa shape index (κ1) is 47.0. The lowest BCUT2D eigenvalue weighted by Crippen LogP contribution is -2.49. The molecule has 0 radical (unpaired) electrons. The van der Waals surface area contributed by atoms with Gasteiger partial charge in [0.25, 0.3) is 0 Å². The zero-order chi connectivity index (χ0) is 47.0. The van der Waals surface area contributed by atoms with Gasteiger partial charge in [0.2, 0.25) is 0 Å². The fourth-order valence-electron chi connectivity index (χ4n) is 8.54. The summed E-state index contributed by atoms with van der Waals surface area (Å²) in [6.07, 6.45) is 6.74. The Hall–Kier alpha value is -6.49. The van der Waals surface area contributed by atoms with Crippen LogP contribution < -0.4 is 18.9 Å². The third-order valence-electron chi connectivity index (χ3n) is 12.3. The van der Waals surface area contributed by atoms with Gasteiger partial charge >= 0.3 is 5.97 Å². The van der Waals surface area contributed by atoms with E-state index < -0.39 is 11.9 Å². The van der Waals surface area contributed by atoms with Gasteiger partial charge in [-0.25, -0.2) is 0 Å². The van der Waals surface area contributed by atoms with E-state index in [2.05, 4.69) is 71.6 Å². The van der Waals surface area contributed by atoms with Crippen LogP contribution in [-0.4, -0.2) is 63.7 Å². The van der Waals surface area contributed by atoms with Crippen LogP contribution >= 0.6 is 23.2 Å². The van der Waals surface area contributed by atoms with Crippen LogP contribution in [0.4, 0.5) is 0 Å². The molecule has 12 nitrogen and oxygen atoms in total. The molecule has 1 N–H and O–H groups in total. The predicted molar refractivity (Wildman–Crippen MR) is 259 cm³/mol. The lowest BCUT2D eigenvalue weighted by Gasteiger charge is -2.37. The van der Waals surface area contributed by atoms with Gasteiger partial charge in [-0.05, 0) is 89.7 Å². The second-order valence-corrected chi connectivity index (χ2v) is 18.2. The smallest absolute Gasteiger partial charge is 0.309 e. The molecule has 0 aliphatic carbocycles. The molecule has 0 unspecified atom stereocenters. The van der Waals surface area contributed by atoms with Gasteiger partial charge in [0.1, 0.15) is 55.5 Å². The molecule has 2 aromatic heterocycles. The number of aliphatic carboxylic acids is 1. The summed E-state index contributed by atoms with van der Waals surface area (Å²) >= 11 is 13.8. The Labute approximate surface area is 401 Å². The van der Waals surface area contributed by atoms with Crippen molar-refractivity contribution in [1.29, 1.82) is 5.26 Å². The average Bonchev–Trinajstić information content (AvgIpc) is 3.29. The molecule has 344 valence electrons. The number of pyridine rings is 2. The van der Waals surface area contributed by atoms with E-state index in [4.69, 9.17) is 42.1 Å². The number of aliphatic imine (C=N–C) groups is 1. The normalized spacial score (nSPS) is 14.1. The van der Waals surface area contributed by atoms with Crippen LogP contribution in [0.5, 0.6) is 23.0 Å². The topological polar surface area (TPSA) is 143 Å². The third-order valence-corrected chi connectivity index (χ3v) is 12.9. The molecule has 0 amide bonds. The lowest BCUT2D eigenvalue weighted by molar-refractivity contribution is -0.147. The Kier molecular flexibility index (Phi) is 15.0. The minimum absolute atomic E-state index is 0.162. The highest BCUT2D eigenvalue weighted by molar-refractivity contribution is 6.32. The van der Waals surface area contributed by atoms with Crippen LogP contribution in [0.1, 0.15) is 62.6 Å². The number of nitriles is 1. The number of hydrogen-bond acceptors (Lipinski definition) is 11. The van der Waals surface area contributed by atoms with Crippen molar-refractivity contribution < 1.29 is 28.8 Å². The second kappa shape index (κ2) is 21.4. The molecule has 8 rings (SSSR count). The van der Waals surface area contributed by atoms with Gasteiger partial charge in [-0.2, -0.15) is 5.26 Å². The van der Waals surface area contributed by atoms with Crippen molar-refractivity contribution in [3.63, 3.8) is 0 Å². The van der Waals surface area contributed by atoms with Crippen LogP contribution in [0.15, 0.2) is 103 Å². The maximum Gasteiger partial charge on any atom is 0.309 e. The van der Waals surface area contributed by atoms with E-state index in [9.17, 15) is 15.2 Å². The molecule has 6 aromatic rings. The van der Waals surface area contributed by atoms with Crippen molar-refractivity contribution in [2.24, 2.45) is 16.8 Å². The summed E-state index contributed by atoms with van der Waals surface area (Å²) < 4.78 is 25.7. The van der Waals surface area contributed by atoms with Crippen molar-refractivity contribution >= 4 is 35.9 Å². The standard InChI is InChI=1S/C53H52Cl2N6O6/c1-33-23-60(24-33)25-42-13-47(54)51(15-49(42)65-30-39-12-37(18-57-4)20-59-22-39)66-31-40-7-5-9-45(34(40)2)46-10-6-8-41(35(46)3)32-67-52-16-50(64-29-38-11-36(17-56)19-58-21-38)43(14-48(52)55)26-61-27-44(28-61)53(62)63/h5-16,19-22,33,44H,4,18,23-32H2,1-3H3,(H,62,63). The molecular formula is C53H52Cl2N6O6. The van der Waals surface area contributed by atoms with Gasteiger partial charge in [0.05, 0.1) is 28.1 Å². The molecule has 0 saturated carbocycles. The number of nitrogens with zero attached hydrogens (tertiary/aromatic N) is 6. The lowest BCUT2D eigenvalue weighted by atomic mass is 9.92. The first-order valence-corrected chi connectivity index (χ1v) is 22.9. The van der Waals surface area contributed by atoms with Gasteiger partial charge < -0.3 is 24.1 Å². The number of carbonyl (C=O) groups is 1. The Morgan fingerprint density at radius 1 is 0.701 bits per heavy atom. The van der Waals surface area contributed by atoms with E-state index in [1.165, 1.54) is 6.20 Å². The Bertz CT molecular complexity index is 2820. The Morgan fingerprint density at radius 3 is 1.70 bits per heavy atom. The van der Waals surface area contributed by atoms with Crippen molar-refractivity contribution in [2.75, 3.05) is 26.2 Å². The average molecular weight is 940 g/mol. The van der Waals surface area contributed by atoms with E-state index in [0.717, 1.165) is 86.6 Å². The number of hydrogen-bond donors (Lipinski definition) is 1. The highest BCUT2D eigenvalue weighted by Crippen LogP contribution is 2.39. The van der Waals surface area contributed by atoms with Crippen LogP contribution in [0.25, 0.3) is 11.1 Å². The highest BCUT2D eigenvalue weighted by Gasteiger charge is 2.33. The molecule has 2 aliphatic heterocycles.